The molecular weight excluding hydrogens is 567 g/mol. The number of halogens is 2. The molecule has 0 saturated heterocycles. The fraction of sp³-hybridized carbons (Fsp3) is 0.500. The third kappa shape index (κ3) is 11.6. The number of hydrogen-bond acceptors (Lipinski definition) is 4. The summed E-state index contributed by atoms with van der Waals surface area (Å²) in [4.78, 5) is 0. The van der Waals surface area contributed by atoms with Gasteiger partial charge in [-0.3, -0.25) is 4.18 Å². The molecular formula is C24H31Br2NaO4S. The Bertz CT molecular complexity index is 886. The van der Waals surface area contributed by atoms with Crippen molar-refractivity contribution in [1.82, 2.24) is 0 Å². The zero-order valence-electron chi connectivity index (χ0n) is 19.0. The van der Waals surface area contributed by atoms with E-state index >= 15 is 0 Å². The van der Waals surface area contributed by atoms with Crippen LogP contribution in [0.25, 0.3) is 11.1 Å². The molecule has 3 rings (SSSR count). The largest absolute Gasteiger partial charge is 1.00 e. The summed E-state index contributed by atoms with van der Waals surface area (Å²) in [6.07, 6.45) is 11.3. The summed E-state index contributed by atoms with van der Waals surface area (Å²) < 4.78 is 36.7. The average molecular weight is 598 g/mol. The molecule has 0 atom stereocenters. The predicted molar refractivity (Wildman–Crippen MR) is 133 cm³/mol. The van der Waals surface area contributed by atoms with Crippen LogP contribution in [-0.4, -0.2) is 19.6 Å². The predicted octanol–water partition coefficient (Wildman–Crippen LogP) is 4.78. The molecule has 32 heavy (non-hydrogen) atoms. The van der Waals surface area contributed by atoms with Gasteiger partial charge in [0, 0.05) is 8.95 Å². The number of benzene rings is 2. The molecule has 2 aromatic rings. The van der Waals surface area contributed by atoms with E-state index in [-0.39, 0.29) is 36.2 Å². The van der Waals surface area contributed by atoms with E-state index in [1.165, 1.54) is 60.8 Å². The van der Waals surface area contributed by atoms with Crippen LogP contribution in [-0.2, 0) is 21.0 Å². The van der Waals surface area contributed by atoms with Gasteiger partial charge < -0.3 is 4.55 Å². The number of fused-ring (bicyclic) bond motifs is 3. The van der Waals surface area contributed by atoms with Crippen molar-refractivity contribution in [1.29, 1.82) is 0 Å². The standard InChI is InChI=1S/C13H8Br2.C11H24O4S.Na/c14-10-1-3-12-8(6-10)5-9-7-11(15)2-4-13(9)12;1-2-3-4-5-6-7-8-9-10-11-15-16(12,13)14;/h1-4,6-7H,5H2;2-11H2,1H3,(H,12,13,14);/q;;+1/p-1. The van der Waals surface area contributed by atoms with Crippen LogP contribution in [0.4, 0.5) is 0 Å². The fourth-order valence-corrected chi connectivity index (χ4v) is 4.86. The molecule has 0 spiro atoms. The molecule has 0 N–H and O–H groups in total. The first-order valence-corrected chi connectivity index (χ1v) is 13.9. The maximum atomic E-state index is 10.1. The zero-order chi connectivity index (χ0) is 22.7. The Labute approximate surface area is 232 Å². The van der Waals surface area contributed by atoms with Gasteiger partial charge in [0.05, 0.1) is 6.61 Å². The maximum absolute atomic E-state index is 10.1. The summed E-state index contributed by atoms with van der Waals surface area (Å²) in [5.41, 5.74) is 5.58. The SMILES string of the molecule is Brc1ccc2c(c1)Cc1cc(Br)ccc1-2.CCCCCCCCCCCOS(=O)(=O)[O-].[Na+]. The first-order valence-electron chi connectivity index (χ1n) is 11.0. The molecule has 172 valence electrons. The Kier molecular flexibility index (Phi) is 15.2. The van der Waals surface area contributed by atoms with E-state index in [1.54, 1.807) is 0 Å². The van der Waals surface area contributed by atoms with Crippen molar-refractivity contribution in [3.8, 4) is 11.1 Å². The Morgan fingerprint density at radius 3 is 1.69 bits per heavy atom. The van der Waals surface area contributed by atoms with E-state index in [4.69, 9.17) is 0 Å². The minimum Gasteiger partial charge on any atom is -0.726 e. The van der Waals surface area contributed by atoms with E-state index in [0.717, 1.165) is 28.2 Å². The van der Waals surface area contributed by atoms with E-state index in [1.807, 2.05) is 0 Å². The van der Waals surface area contributed by atoms with Crippen LogP contribution >= 0.6 is 31.9 Å². The van der Waals surface area contributed by atoms with Gasteiger partial charge in [-0.1, -0.05) is 102 Å². The van der Waals surface area contributed by atoms with Gasteiger partial charge in [0.1, 0.15) is 0 Å². The maximum Gasteiger partial charge on any atom is 1.00 e. The zero-order valence-corrected chi connectivity index (χ0v) is 25.0. The normalized spacial score (nSPS) is 11.8. The third-order valence-electron chi connectivity index (χ3n) is 5.28. The molecule has 4 nitrogen and oxygen atoms in total. The van der Waals surface area contributed by atoms with Crippen molar-refractivity contribution in [2.24, 2.45) is 0 Å². The van der Waals surface area contributed by atoms with Crippen molar-refractivity contribution in [2.75, 3.05) is 6.61 Å². The Balaban J connectivity index is 0.000000310. The van der Waals surface area contributed by atoms with E-state index < -0.39 is 10.4 Å². The average Bonchev–Trinajstić information content (AvgIpc) is 3.05. The second-order valence-electron chi connectivity index (χ2n) is 7.84. The number of unbranched alkanes of at least 4 members (excludes halogenated alkanes) is 8. The second-order valence-corrected chi connectivity index (χ2v) is 10.7. The molecule has 1 aliphatic rings. The monoisotopic (exact) mass is 596 g/mol. The third-order valence-corrected chi connectivity index (χ3v) is 6.72. The summed E-state index contributed by atoms with van der Waals surface area (Å²) >= 11 is 7.03. The number of rotatable bonds is 11. The van der Waals surface area contributed by atoms with Crippen LogP contribution in [0.1, 0.15) is 75.8 Å². The van der Waals surface area contributed by atoms with Crippen LogP contribution in [0, 0.1) is 0 Å². The molecule has 0 bridgehead atoms. The van der Waals surface area contributed by atoms with Crippen molar-refractivity contribution in [3.05, 3.63) is 56.5 Å². The minimum absolute atomic E-state index is 0. The van der Waals surface area contributed by atoms with Crippen LogP contribution in [0.15, 0.2) is 45.3 Å². The van der Waals surface area contributed by atoms with E-state index in [2.05, 4.69) is 79.4 Å². The van der Waals surface area contributed by atoms with Gasteiger partial charge in [-0.05, 0) is 59.4 Å². The van der Waals surface area contributed by atoms with Gasteiger partial charge in [0.15, 0.2) is 0 Å². The van der Waals surface area contributed by atoms with E-state index in [9.17, 15) is 13.0 Å². The van der Waals surface area contributed by atoms with E-state index in [0.29, 0.717) is 6.42 Å². The molecule has 0 amide bonds. The molecule has 0 radical (unpaired) electrons. The molecule has 0 fully saturated rings. The summed E-state index contributed by atoms with van der Waals surface area (Å²) in [7, 11) is -4.48. The fourth-order valence-electron chi connectivity index (χ4n) is 3.72. The summed E-state index contributed by atoms with van der Waals surface area (Å²) in [6.45, 7) is 2.23. The second kappa shape index (κ2) is 16.0. The van der Waals surface area contributed by atoms with Crippen molar-refractivity contribution < 1.29 is 46.7 Å². The van der Waals surface area contributed by atoms with Crippen molar-refractivity contribution in [3.63, 3.8) is 0 Å². The molecule has 8 heteroatoms. The van der Waals surface area contributed by atoms with Crippen LogP contribution < -0.4 is 29.6 Å². The Hall–Kier alpha value is 0.270. The van der Waals surface area contributed by atoms with Crippen molar-refractivity contribution >= 4 is 42.3 Å². The van der Waals surface area contributed by atoms with Crippen LogP contribution in [0.2, 0.25) is 0 Å². The Morgan fingerprint density at radius 1 is 0.812 bits per heavy atom. The van der Waals surface area contributed by atoms with Gasteiger partial charge >= 0.3 is 29.6 Å². The molecule has 1 aliphatic carbocycles. The molecule has 0 saturated carbocycles. The smallest absolute Gasteiger partial charge is 0.726 e. The molecule has 0 heterocycles. The molecule has 2 aromatic carbocycles. The van der Waals surface area contributed by atoms with Gasteiger partial charge in [-0.15, -0.1) is 0 Å². The quantitative estimate of drug-likeness (QED) is 0.138. The summed E-state index contributed by atoms with van der Waals surface area (Å²) in [6, 6.07) is 13.0. The summed E-state index contributed by atoms with van der Waals surface area (Å²) in [5, 5.41) is 0. The van der Waals surface area contributed by atoms with Crippen molar-refractivity contribution in [2.45, 2.75) is 71.1 Å². The van der Waals surface area contributed by atoms with Gasteiger partial charge in [-0.2, -0.15) is 0 Å². The topological polar surface area (TPSA) is 66.4 Å². The van der Waals surface area contributed by atoms with Crippen LogP contribution in [0.3, 0.4) is 0 Å². The van der Waals surface area contributed by atoms with Gasteiger partial charge in [0.25, 0.3) is 0 Å². The molecule has 0 aliphatic heterocycles. The van der Waals surface area contributed by atoms with Gasteiger partial charge in [0.2, 0.25) is 10.4 Å². The molecule has 0 aromatic heterocycles. The first kappa shape index (κ1) is 30.3. The minimum atomic E-state index is -4.48. The first-order chi connectivity index (χ1) is 14.8. The Morgan fingerprint density at radius 2 is 1.25 bits per heavy atom. The van der Waals surface area contributed by atoms with Crippen LogP contribution in [0.5, 0.6) is 0 Å². The number of hydrogen-bond donors (Lipinski definition) is 0. The molecule has 0 unspecified atom stereocenters. The summed E-state index contributed by atoms with van der Waals surface area (Å²) in [5.74, 6) is 0. The van der Waals surface area contributed by atoms with Gasteiger partial charge in [-0.25, -0.2) is 8.42 Å².